The Morgan fingerprint density at radius 2 is 2.30 bits per heavy atom. The Morgan fingerprint density at radius 1 is 1.39 bits per heavy atom. The number of nitrogens with one attached hydrogen (secondary N) is 3. The maximum atomic E-state index is 12.2. The van der Waals surface area contributed by atoms with Gasteiger partial charge in [0.05, 0.1) is 6.54 Å². The number of amides is 1. The van der Waals surface area contributed by atoms with E-state index in [0.29, 0.717) is 18.3 Å². The molecule has 2 unspecified atom stereocenters. The average molecular weight is 313 g/mol. The molecule has 0 radical (unpaired) electrons. The topological polar surface area (TPSA) is 92.1 Å². The van der Waals surface area contributed by atoms with Gasteiger partial charge < -0.3 is 9.84 Å². The van der Waals surface area contributed by atoms with Crippen molar-refractivity contribution in [2.45, 2.75) is 37.9 Å². The van der Waals surface area contributed by atoms with Gasteiger partial charge in [0.2, 0.25) is 5.91 Å². The summed E-state index contributed by atoms with van der Waals surface area (Å²) in [4.78, 5) is 16.3. The molecular weight excluding hydrogens is 294 g/mol. The number of nitrogens with zero attached hydrogens (tertiary/aromatic N) is 2. The van der Waals surface area contributed by atoms with Gasteiger partial charge in [-0.25, -0.2) is 5.43 Å². The summed E-state index contributed by atoms with van der Waals surface area (Å²) >= 11 is 0. The highest BCUT2D eigenvalue weighted by Crippen LogP contribution is 2.35. The van der Waals surface area contributed by atoms with Crippen molar-refractivity contribution >= 4 is 5.91 Å². The van der Waals surface area contributed by atoms with Crippen LogP contribution in [0.15, 0.2) is 35.1 Å². The molecule has 1 amide bonds. The van der Waals surface area contributed by atoms with Crippen LogP contribution in [0.4, 0.5) is 0 Å². The number of carbonyl (C=O) groups excluding carboxylic acids is 1. The lowest BCUT2D eigenvalue weighted by atomic mass is 10.1. The second-order valence-corrected chi connectivity index (χ2v) is 6.16. The minimum atomic E-state index is -0.179. The van der Waals surface area contributed by atoms with Crippen molar-refractivity contribution in [2.75, 3.05) is 0 Å². The zero-order valence-electron chi connectivity index (χ0n) is 12.7. The molecular formula is C16H19N5O2. The second-order valence-electron chi connectivity index (χ2n) is 6.16. The second kappa shape index (κ2) is 6.10. The van der Waals surface area contributed by atoms with Gasteiger partial charge in [0.25, 0.3) is 0 Å². The maximum absolute atomic E-state index is 12.2. The molecule has 2 aromatic rings. The maximum Gasteiger partial charge on any atom is 0.238 e. The Morgan fingerprint density at radius 3 is 3.09 bits per heavy atom. The molecule has 3 N–H and O–H groups in total. The van der Waals surface area contributed by atoms with Gasteiger partial charge in [0.1, 0.15) is 11.7 Å². The Balaban J connectivity index is 1.31. The number of rotatable bonds is 5. The van der Waals surface area contributed by atoms with Gasteiger partial charge in [0.15, 0.2) is 5.76 Å². The zero-order chi connectivity index (χ0) is 15.6. The fraction of sp³-hybridized carbons (Fsp3) is 0.438. The van der Waals surface area contributed by atoms with Crippen molar-refractivity contribution in [3.63, 3.8) is 0 Å². The van der Waals surface area contributed by atoms with Gasteiger partial charge in [0, 0.05) is 30.1 Å². The monoisotopic (exact) mass is 313 g/mol. The minimum absolute atomic E-state index is 0.0139. The lowest BCUT2D eigenvalue weighted by molar-refractivity contribution is -0.123. The molecule has 0 bridgehead atoms. The fourth-order valence-electron chi connectivity index (χ4n) is 2.90. The summed E-state index contributed by atoms with van der Waals surface area (Å²) in [5.41, 5.74) is 7.91. The molecule has 120 valence electrons. The molecule has 3 heterocycles. The fourth-order valence-corrected chi connectivity index (χ4v) is 2.90. The number of pyridine rings is 1. The quantitative estimate of drug-likeness (QED) is 0.763. The molecule has 1 aliphatic heterocycles. The molecule has 0 aromatic carbocycles. The Hall–Kier alpha value is -2.25. The largest absolute Gasteiger partial charge is 0.359 e. The molecule has 23 heavy (non-hydrogen) atoms. The van der Waals surface area contributed by atoms with Crippen molar-refractivity contribution in [3.8, 4) is 11.3 Å². The first-order chi connectivity index (χ1) is 11.3. The molecule has 4 rings (SSSR count). The van der Waals surface area contributed by atoms with Crippen LogP contribution in [0.25, 0.3) is 11.3 Å². The highest BCUT2D eigenvalue weighted by atomic mass is 16.5. The number of hydrogen-bond donors (Lipinski definition) is 3. The summed E-state index contributed by atoms with van der Waals surface area (Å²) in [7, 11) is 0. The predicted octanol–water partition coefficient (Wildman–Crippen LogP) is 0.998. The van der Waals surface area contributed by atoms with E-state index in [2.05, 4.69) is 26.3 Å². The third-order valence-corrected chi connectivity index (χ3v) is 4.39. The van der Waals surface area contributed by atoms with Crippen LogP contribution in [0.1, 0.15) is 25.0 Å². The first-order valence-electron chi connectivity index (χ1n) is 7.94. The van der Waals surface area contributed by atoms with Gasteiger partial charge in [-0.05, 0) is 37.3 Å². The summed E-state index contributed by atoms with van der Waals surface area (Å²) in [5.74, 6) is 1.35. The third-order valence-electron chi connectivity index (χ3n) is 4.39. The first-order valence-corrected chi connectivity index (χ1v) is 7.94. The molecule has 1 saturated heterocycles. The molecule has 2 atom stereocenters. The Kier molecular flexibility index (Phi) is 3.80. The standard InChI is InChI=1S/C16H19N5O2/c22-16(15-7-13(19-20-15)10-3-4-10)18-9-12-6-14(21-23-12)11-2-1-5-17-8-11/h1-2,5-6,8,10,13,15,19-20H,3-4,7,9H2,(H,18,22). The van der Waals surface area contributed by atoms with E-state index in [1.165, 1.54) is 12.8 Å². The van der Waals surface area contributed by atoms with Crippen LogP contribution in [0.5, 0.6) is 0 Å². The molecule has 2 aliphatic rings. The number of hydrazine groups is 1. The van der Waals surface area contributed by atoms with Crippen LogP contribution in [0.3, 0.4) is 0 Å². The van der Waals surface area contributed by atoms with E-state index in [1.54, 1.807) is 12.4 Å². The highest BCUT2D eigenvalue weighted by molar-refractivity contribution is 5.82. The highest BCUT2D eigenvalue weighted by Gasteiger charge is 2.38. The van der Waals surface area contributed by atoms with Crippen LogP contribution in [0, 0.1) is 5.92 Å². The van der Waals surface area contributed by atoms with Crippen molar-refractivity contribution in [1.29, 1.82) is 0 Å². The van der Waals surface area contributed by atoms with Gasteiger partial charge in [-0.15, -0.1) is 0 Å². The van der Waals surface area contributed by atoms with E-state index in [1.807, 2.05) is 18.2 Å². The predicted molar refractivity (Wildman–Crippen MR) is 82.8 cm³/mol. The van der Waals surface area contributed by atoms with E-state index >= 15 is 0 Å². The Bertz CT molecular complexity index is 683. The third kappa shape index (κ3) is 3.25. The van der Waals surface area contributed by atoms with E-state index in [0.717, 1.165) is 23.6 Å². The lowest BCUT2D eigenvalue weighted by Crippen LogP contribution is -2.43. The van der Waals surface area contributed by atoms with Crippen molar-refractivity contribution in [2.24, 2.45) is 5.92 Å². The van der Waals surface area contributed by atoms with Gasteiger partial charge in [-0.1, -0.05) is 5.16 Å². The van der Waals surface area contributed by atoms with Crippen molar-refractivity contribution in [1.82, 2.24) is 26.3 Å². The minimum Gasteiger partial charge on any atom is -0.359 e. The first kappa shape index (κ1) is 14.3. The van der Waals surface area contributed by atoms with Crippen LogP contribution in [0.2, 0.25) is 0 Å². The van der Waals surface area contributed by atoms with E-state index in [4.69, 9.17) is 4.52 Å². The molecule has 1 aliphatic carbocycles. The zero-order valence-corrected chi connectivity index (χ0v) is 12.7. The van der Waals surface area contributed by atoms with Crippen LogP contribution >= 0.6 is 0 Å². The van der Waals surface area contributed by atoms with Crippen LogP contribution in [-0.4, -0.2) is 28.1 Å². The summed E-state index contributed by atoms with van der Waals surface area (Å²) < 4.78 is 5.27. The molecule has 2 fully saturated rings. The number of aromatic nitrogens is 2. The van der Waals surface area contributed by atoms with E-state index < -0.39 is 0 Å². The number of carbonyl (C=O) groups is 1. The smallest absolute Gasteiger partial charge is 0.238 e. The summed E-state index contributed by atoms with van der Waals surface area (Å²) in [6.07, 6.45) is 6.81. The lowest BCUT2D eigenvalue weighted by Gasteiger charge is -2.09. The number of hydrogen-bond acceptors (Lipinski definition) is 6. The van der Waals surface area contributed by atoms with E-state index in [-0.39, 0.29) is 11.9 Å². The van der Waals surface area contributed by atoms with Crippen molar-refractivity contribution in [3.05, 3.63) is 36.4 Å². The van der Waals surface area contributed by atoms with Gasteiger partial charge in [-0.3, -0.25) is 15.2 Å². The normalized spacial score (nSPS) is 23.8. The molecule has 1 saturated carbocycles. The van der Waals surface area contributed by atoms with Crippen molar-refractivity contribution < 1.29 is 9.32 Å². The summed E-state index contributed by atoms with van der Waals surface area (Å²) in [6.45, 7) is 0.332. The molecule has 7 heteroatoms. The molecule has 2 aromatic heterocycles. The Labute approximate surface area is 133 Å². The average Bonchev–Trinajstić information content (AvgIpc) is 3.14. The summed E-state index contributed by atoms with van der Waals surface area (Å²) in [6, 6.07) is 5.83. The van der Waals surface area contributed by atoms with Crippen LogP contribution in [-0.2, 0) is 11.3 Å². The molecule has 7 nitrogen and oxygen atoms in total. The van der Waals surface area contributed by atoms with Gasteiger partial charge in [-0.2, -0.15) is 0 Å². The van der Waals surface area contributed by atoms with E-state index in [9.17, 15) is 4.79 Å². The SMILES string of the molecule is O=C(NCc1cc(-c2cccnc2)no1)C1CC(C2CC2)NN1. The summed E-state index contributed by atoms with van der Waals surface area (Å²) in [5, 5.41) is 6.91. The molecule has 0 spiro atoms. The van der Waals surface area contributed by atoms with Gasteiger partial charge >= 0.3 is 0 Å². The van der Waals surface area contributed by atoms with Crippen LogP contribution < -0.4 is 16.2 Å².